The molecule has 3 aliphatic rings. The van der Waals surface area contributed by atoms with E-state index in [1.807, 2.05) is 0 Å². The second-order valence-corrected chi connectivity index (χ2v) is 13.3. The molecular weight excluding hydrogens is 740 g/mol. The Morgan fingerprint density at radius 1 is 0.673 bits per heavy atom. The first-order chi connectivity index (χ1) is 26.1. The number of aromatic hydroxyl groups is 4. The first kappa shape index (κ1) is 42.4. The number of benzene rings is 2. The normalized spacial score (nSPS) is 36.9. The Morgan fingerprint density at radius 2 is 1.31 bits per heavy atom. The zero-order valence-electron chi connectivity index (χ0n) is 29.2. The van der Waals surface area contributed by atoms with Crippen LogP contribution in [0.4, 0.5) is 0 Å². The highest BCUT2D eigenvalue weighted by atomic mass is 16.8. The van der Waals surface area contributed by atoms with Crippen molar-refractivity contribution in [1.29, 1.82) is 0 Å². The number of phenolic OH excluding ortho intramolecular Hbond substituents is 4. The first-order valence-corrected chi connectivity index (χ1v) is 17.2. The van der Waals surface area contributed by atoms with E-state index in [0.29, 0.717) is 5.56 Å². The molecule has 0 aliphatic carbocycles. The van der Waals surface area contributed by atoms with Gasteiger partial charge >= 0.3 is 5.97 Å². The van der Waals surface area contributed by atoms with Crippen molar-refractivity contribution in [1.82, 2.24) is 0 Å². The Balaban J connectivity index is 1.41. The smallest absolute Gasteiger partial charge is 0.331 e. The second kappa shape index (κ2) is 18.5. The molecule has 20 heteroatoms. The molecule has 15 atom stereocenters. The van der Waals surface area contributed by atoms with E-state index in [4.69, 9.17) is 33.2 Å². The van der Waals surface area contributed by atoms with Gasteiger partial charge in [-0.25, -0.2) is 4.79 Å². The molecule has 5 rings (SSSR count). The molecule has 20 nitrogen and oxygen atoms in total. The summed E-state index contributed by atoms with van der Waals surface area (Å²) in [5, 5.41) is 123. The minimum Gasteiger partial charge on any atom is -0.504 e. The molecular formula is C35H46O20. The summed E-state index contributed by atoms with van der Waals surface area (Å²) in [6.45, 7) is -0.236. The molecule has 306 valence electrons. The fourth-order valence-electron chi connectivity index (χ4n) is 6.13. The summed E-state index contributed by atoms with van der Waals surface area (Å²) in [5.74, 6) is -2.71. The van der Waals surface area contributed by atoms with Crippen LogP contribution in [0.3, 0.4) is 0 Å². The summed E-state index contributed by atoms with van der Waals surface area (Å²) in [7, 11) is 0. The highest BCUT2D eigenvalue weighted by Gasteiger charge is 2.53. The van der Waals surface area contributed by atoms with E-state index in [1.54, 1.807) is 0 Å². The van der Waals surface area contributed by atoms with Crippen LogP contribution in [-0.4, -0.2) is 179 Å². The lowest BCUT2D eigenvalue weighted by molar-refractivity contribution is -0.370. The van der Waals surface area contributed by atoms with Crippen LogP contribution in [0.1, 0.15) is 18.1 Å². The molecule has 0 spiro atoms. The largest absolute Gasteiger partial charge is 0.504 e. The number of hydrogen-bond donors (Lipinski definition) is 12. The molecule has 0 amide bonds. The number of rotatable bonds is 13. The van der Waals surface area contributed by atoms with E-state index in [1.165, 1.54) is 43.3 Å². The van der Waals surface area contributed by atoms with Crippen molar-refractivity contribution in [3.8, 4) is 23.0 Å². The van der Waals surface area contributed by atoms with E-state index in [0.717, 1.165) is 12.1 Å². The quantitative estimate of drug-likeness (QED) is 0.0541. The van der Waals surface area contributed by atoms with E-state index >= 15 is 0 Å². The lowest BCUT2D eigenvalue weighted by Crippen LogP contribution is -2.65. The second-order valence-electron chi connectivity index (χ2n) is 13.3. The monoisotopic (exact) mass is 786 g/mol. The van der Waals surface area contributed by atoms with Gasteiger partial charge in [-0.05, 0) is 54.8 Å². The molecule has 0 bridgehead atoms. The molecule has 0 radical (unpaired) electrons. The molecule has 55 heavy (non-hydrogen) atoms. The third-order valence-corrected chi connectivity index (χ3v) is 9.37. The molecule has 0 aromatic heterocycles. The van der Waals surface area contributed by atoms with E-state index < -0.39 is 129 Å². The predicted octanol–water partition coefficient (Wildman–Crippen LogP) is -3.19. The predicted molar refractivity (Wildman–Crippen MR) is 180 cm³/mol. The Hall–Kier alpha value is -3.71. The summed E-state index contributed by atoms with van der Waals surface area (Å²) >= 11 is 0. The van der Waals surface area contributed by atoms with Gasteiger partial charge in [0.05, 0.1) is 25.9 Å². The lowest BCUT2D eigenvalue weighted by Gasteiger charge is -2.47. The van der Waals surface area contributed by atoms with Crippen LogP contribution < -0.4 is 0 Å². The van der Waals surface area contributed by atoms with Crippen LogP contribution in [0.15, 0.2) is 42.5 Å². The zero-order chi connectivity index (χ0) is 40.1. The van der Waals surface area contributed by atoms with Gasteiger partial charge in [-0.3, -0.25) is 0 Å². The molecule has 3 fully saturated rings. The van der Waals surface area contributed by atoms with Gasteiger partial charge in [0.1, 0.15) is 61.0 Å². The minimum atomic E-state index is -1.91. The molecule has 0 unspecified atom stereocenters. The molecule has 3 heterocycles. The summed E-state index contributed by atoms with van der Waals surface area (Å²) < 4.78 is 40.2. The van der Waals surface area contributed by atoms with Crippen LogP contribution in [0.2, 0.25) is 0 Å². The maximum Gasteiger partial charge on any atom is 0.331 e. The highest BCUT2D eigenvalue weighted by molar-refractivity contribution is 5.87. The van der Waals surface area contributed by atoms with Crippen molar-refractivity contribution in [2.75, 3.05) is 19.8 Å². The summed E-state index contributed by atoms with van der Waals surface area (Å²) in [6.07, 6.45) is -22.4. The van der Waals surface area contributed by atoms with Gasteiger partial charge < -0.3 is 94.4 Å². The van der Waals surface area contributed by atoms with Gasteiger partial charge in [0.25, 0.3) is 0 Å². The van der Waals surface area contributed by atoms with Crippen molar-refractivity contribution in [3.05, 3.63) is 53.6 Å². The topological polar surface area (TPSA) is 324 Å². The first-order valence-electron chi connectivity index (χ1n) is 17.2. The van der Waals surface area contributed by atoms with Crippen LogP contribution >= 0.6 is 0 Å². The maximum absolute atomic E-state index is 13.2. The molecule has 2 aromatic rings. The van der Waals surface area contributed by atoms with Gasteiger partial charge in [-0.1, -0.05) is 12.1 Å². The van der Waals surface area contributed by atoms with Crippen LogP contribution in [0.25, 0.3) is 6.08 Å². The van der Waals surface area contributed by atoms with Gasteiger partial charge in [0.15, 0.2) is 48.0 Å². The van der Waals surface area contributed by atoms with Crippen LogP contribution in [0.5, 0.6) is 23.0 Å². The molecule has 3 aliphatic heterocycles. The summed E-state index contributed by atoms with van der Waals surface area (Å²) in [4.78, 5) is 13.2. The SMILES string of the molecule is C[C@H]1O[C@@H](O[C@@H]2[C@H](OCCc3ccc(O)c(O)c3)O[C@H](CO[C@H]3O[C@H](CO)[C@@H](O)[C@H](O)[C@H]3O)[C@@H](OC(=O)C=Cc3ccc(O)c(O)c3)[C@@H]2O)[C@H](O)[C@H](O)[C@H]1O. The average molecular weight is 787 g/mol. The van der Waals surface area contributed by atoms with E-state index in [9.17, 15) is 66.1 Å². The van der Waals surface area contributed by atoms with E-state index in [2.05, 4.69) is 0 Å². The Morgan fingerprint density at radius 3 is 1.98 bits per heavy atom. The fraction of sp³-hybridized carbons (Fsp3) is 0.571. The van der Waals surface area contributed by atoms with Gasteiger partial charge in [0.2, 0.25) is 0 Å². The number of ether oxygens (including phenoxy) is 7. The molecule has 2 aromatic carbocycles. The number of carbonyl (C=O) groups is 1. The minimum absolute atomic E-state index is 0.100. The van der Waals surface area contributed by atoms with Crippen molar-refractivity contribution >= 4 is 12.0 Å². The molecule has 0 saturated carbocycles. The van der Waals surface area contributed by atoms with Crippen molar-refractivity contribution in [2.24, 2.45) is 0 Å². The fourth-order valence-corrected chi connectivity index (χ4v) is 6.13. The van der Waals surface area contributed by atoms with Gasteiger partial charge in [-0.2, -0.15) is 0 Å². The number of phenols is 4. The standard InChI is InChI=1S/C35H46O20/c1-14-24(42)26(44)29(47)34(51-14)55-32-30(48)31(54-23(41)7-4-15-2-5-17(37)19(39)10-15)22(13-50-33-28(46)27(45)25(43)21(12-36)52-33)53-35(32)49-9-8-16-3-6-18(38)20(40)11-16/h2-7,10-11,14,21-22,24-40,42-48H,8-9,12-13H2,1H3/t14-,21-,22-,24+,25-,26-,27+,28-,29-,30+,31-,32+,33+,34+,35-/m1/s1. The Labute approximate surface area is 313 Å². The molecule has 3 saturated heterocycles. The van der Waals surface area contributed by atoms with Gasteiger partial charge in [-0.15, -0.1) is 0 Å². The van der Waals surface area contributed by atoms with Crippen molar-refractivity contribution in [3.63, 3.8) is 0 Å². The lowest BCUT2D eigenvalue weighted by atomic mass is 9.97. The van der Waals surface area contributed by atoms with E-state index in [-0.39, 0.29) is 24.3 Å². The molecule has 12 N–H and O–H groups in total. The van der Waals surface area contributed by atoms with Crippen molar-refractivity contribution < 1.29 is 99.2 Å². The average Bonchev–Trinajstić information content (AvgIpc) is 3.16. The van der Waals surface area contributed by atoms with Crippen LogP contribution in [0, 0.1) is 0 Å². The number of esters is 1. The summed E-state index contributed by atoms with van der Waals surface area (Å²) in [5.41, 5.74) is 0.772. The highest BCUT2D eigenvalue weighted by Crippen LogP contribution is 2.33. The Kier molecular flexibility index (Phi) is 14.3. The number of carbonyl (C=O) groups excluding carboxylic acids is 1. The van der Waals surface area contributed by atoms with Gasteiger partial charge in [0, 0.05) is 6.08 Å². The van der Waals surface area contributed by atoms with Crippen LogP contribution in [-0.2, 0) is 44.4 Å². The Bertz CT molecular complexity index is 1610. The third-order valence-electron chi connectivity index (χ3n) is 9.37. The summed E-state index contributed by atoms with van der Waals surface area (Å²) in [6, 6.07) is 7.75. The maximum atomic E-state index is 13.2. The van der Waals surface area contributed by atoms with Crippen molar-refractivity contribution in [2.45, 2.75) is 105 Å². The zero-order valence-corrected chi connectivity index (χ0v) is 29.2. The number of aliphatic hydroxyl groups is 8. The number of aliphatic hydroxyl groups excluding tert-OH is 8. The third kappa shape index (κ3) is 10.0. The number of hydrogen-bond acceptors (Lipinski definition) is 20.